The fourth-order valence-electron chi connectivity index (χ4n) is 2.26. The molecule has 1 saturated heterocycles. The minimum Gasteiger partial charge on any atom is -0.472 e. The molecular formula is C13H22N2O. The zero-order chi connectivity index (χ0) is 11.4. The molecule has 2 atom stereocenters. The average Bonchev–Trinajstić information content (AvgIpc) is 2.74. The Bertz CT molecular complexity index is 297. The van der Waals surface area contributed by atoms with E-state index in [1.165, 1.54) is 25.1 Å². The van der Waals surface area contributed by atoms with Gasteiger partial charge in [0.1, 0.15) is 0 Å². The van der Waals surface area contributed by atoms with Gasteiger partial charge in [0.25, 0.3) is 0 Å². The zero-order valence-corrected chi connectivity index (χ0v) is 10.3. The quantitative estimate of drug-likeness (QED) is 0.830. The lowest BCUT2D eigenvalue weighted by Gasteiger charge is -2.30. The maximum atomic E-state index is 5.12. The van der Waals surface area contributed by atoms with E-state index in [0.717, 1.165) is 19.0 Å². The van der Waals surface area contributed by atoms with Crippen LogP contribution < -0.4 is 5.32 Å². The molecule has 90 valence electrons. The molecule has 0 amide bonds. The topological polar surface area (TPSA) is 28.4 Å². The molecule has 16 heavy (non-hydrogen) atoms. The molecule has 1 aromatic heterocycles. The molecule has 0 bridgehead atoms. The van der Waals surface area contributed by atoms with Gasteiger partial charge < -0.3 is 9.73 Å². The molecule has 1 fully saturated rings. The van der Waals surface area contributed by atoms with Crippen molar-refractivity contribution in [2.45, 2.75) is 32.9 Å². The van der Waals surface area contributed by atoms with Crippen molar-refractivity contribution in [1.82, 2.24) is 10.2 Å². The predicted octanol–water partition coefficient (Wildman–Crippen LogP) is 2.10. The van der Waals surface area contributed by atoms with Crippen LogP contribution in [0.15, 0.2) is 23.0 Å². The van der Waals surface area contributed by atoms with Crippen molar-refractivity contribution in [3.63, 3.8) is 0 Å². The van der Waals surface area contributed by atoms with E-state index in [1.54, 1.807) is 6.26 Å². The molecule has 2 unspecified atom stereocenters. The molecule has 1 aliphatic heterocycles. The predicted molar refractivity (Wildman–Crippen MR) is 65.2 cm³/mol. The van der Waals surface area contributed by atoms with Gasteiger partial charge in [-0.25, -0.2) is 0 Å². The Labute approximate surface area is 97.8 Å². The second-order valence-corrected chi connectivity index (χ2v) is 5.07. The van der Waals surface area contributed by atoms with Crippen LogP contribution >= 0.6 is 0 Å². The molecule has 1 aliphatic rings. The van der Waals surface area contributed by atoms with Crippen molar-refractivity contribution >= 4 is 0 Å². The van der Waals surface area contributed by atoms with Gasteiger partial charge in [0.05, 0.1) is 12.5 Å². The smallest absolute Gasteiger partial charge is 0.0947 e. The minimum absolute atomic E-state index is 0.634. The van der Waals surface area contributed by atoms with Crippen LogP contribution in [-0.2, 0) is 6.54 Å². The summed E-state index contributed by atoms with van der Waals surface area (Å²) in [5, 5.41) is 3.57. The van der Waals surface area contributed by atoms with Crippen LogP contribution in [0.25, 0.3) is 0 Å². The van der Waals surface area contributed by atoms with Crippen molar-refractivity contribution in [3.05, 3.63) is 24.2 Å². The first kappa shape index (κ1) is 11.7. The highest BCUT2D eigenvalue weighted by molar-refractivity contribution is 5.05. The lowest BCUT2D eigenvalue weighted by atomic mass is 10.1. The zero-order valence-electron chi connectivity index (χ0n) is 10.3. The third-order valence-electron chi connectivity index (χ3n) is 3.25. The molecule has 3 nitrogen and oxygen atoms in total. The summed E-state index contributed by atoms with van der Waals surface area (Å²) in [6.07, 6.45) is 4.84. The summed E-state index contributed by atoms with van der Waals surface area (Å²) in [5.74, 6) is 0.717. The first-order valence-electron chi connectivity index (χ1n) is 6.21. The maximum Gasteiger partial charge on any atom is 0.0947 e. The van der Waals surface area contributed by atoms with E-state index in [0.29, 0.717) is 6.04 Å². The second-order valence-electron chi connectivity index (χ2n) is 5.07. The highest BCUT2D eigenvalue weighted by Crippen LogP contribution is 2.11. The van der Waals surface area contributed by atoms with Crippen LogP contribution in [0.2, 0.25) is 0 Å². The van der Waals surface area contributed by atoms with Gasteiger partial charge >= 0.3 is 0 Å². The third-order valence-corrected chi connectivity index (χ3v) is 3.25. The minimum atomic E-state index is 0.634. The summed E-state index contributed by atoms with van der Waals surface area (Å²) in [5.41, 5.74) is 1.29. The Balaban J connectivity index is 1.91. The third kappa shape index (κ3) is 3.35. The molecule has 2 heterocycles. The summed E-state index contributed by atoms with van der Waals surface area (Å²) in [6.45, 7) is 9.08. The van der Waals surface area contributed by atoms with E-state index in [1.807, 2.05) is 6.26 Å². The highest BCUT2D eigenvalue weighted by Gasteiger charge is 2.16. The van der Waals surface area contributed by atoms with E-state index < -0.39 is 0 Å². The number of nitrogens with zero attached hydrogens (tertiary/aromatic N) is 1. The van der Waals surface area contributed by atoms with E-state index in [9.17, 15) is 0 Å². The van der Waals surface area contributed by atoms with Gasteiger partial charge in [-0.05, 0) is 38.4 Å². The van der Waals surface area contributed by atoms with Gasteiger partial charge in [-0.15, -0.1) is 0 Å². The Hall–Kier alpha value is -0.800. The highest BCUT2D eigenvalue weighted by atomic mass is 16.3. The summed E-state index contributed by atoms with van der Waals surface area (Å²) in [6, 6.07) is 2.69. The summed E-state index contributed by atoms with van der Waals surface area (Å²) in [4.78, 5) is 2.53. The molecule has 0 aliphatic carbocycles. The molecule has 0 spiro atoms. The van der Waals surface area contributed by atoms with E-state index in [-0.39, 0.29) is 0 Å². The second kappa shape index (κ2) is 5.51. The fraction of sp³-hybridized carbons (Fsp3) is 0.692. The molecule has 1 aromatic rings. The van der Waals surface area contributed by atoms with Crippen LogP contribution in [-0.4, -0.2) is 30.6 Å². The number of rotatable bonds is 2. The molecule has 0 saturated carbocycles. The average molecular weight is 222 g/mol. The normalized spacial score (nSPS) is 28.6. The summed E-state index contributed by atoms with van der Waals surface area (Å²) >= 11 is 0. The van der Waals surface area contributed by atoms with Crippen molar-refractivity contribution in [2.24, 2.45) is 5.92 Å². The standard InChI is InChI=1S/C13H22N2O/c1-11-7-14-12(2)3-5-15(8-11)9-13-4-6-16-10-13/h4,6,10-12,14H,3,5,7-9H2,1-2H3. The Kier molecular flexibility index (Phi) is 4.02. The van der Waals surface area contributed by atoms with Gasteiger partial charge in [-0.1, -0.05) is 6.92 Å². The molecule has 0 aromatic carbocycles. The van der Waals surface area contributed by atoms with Crippen LogP contribution in [0.1, 0.15) is 25.8 Å². The SMILES string of the molecule is CC1CNC(C)CCN(Cc2ccoc2)C1. The summed E-state index contributed by atoms with van der Waals surface area (Å²) in [7, 11) is 0. The Morgan fingerprint density at radius 1 is 1.50 bits per heavy atom. The van der Waals surface area contributed by atoms with Crippen molar-refractivity contribution in [2.75, 3.05) is 19.6 Å². The lowest BCUT2D eigenvalue weighted by Crippen LogP contribution is -2.42. The van der Waals surface area contributed by atoms with Crippen LogP contribution in [0, 0.1) is 5.92 Å². The lowest BCUT2D eigenvalue weighted by molar-refractivity contribution is 0.194. The van der Waals surface area contributed by atoms with Crippen molar-refractivity contribution < 1.29 is 4.42 Å². The van der Waals surface area contributed by atoms with E-state index in [2.05, 4.69) is 30.1 Å². The molecule has 0 radical (unpaired) electrons. The first-order valence-corrected chi connectivity index (χ1v) is 6.21. The van der Waals surface area contributed by atoms with Crippen molar-refractivity contribution in [1.29, 1.82) is 0 Å². The largest absolute Gasteiger partial charge is 0.472 e. The van der Waals surface area contributed by atoms with Gasteiger partial charge in [0.2, 0.25) is 0 Å². The first-order chi connectivity index (χ1) is 7.74. The molecule has 3 heteroatoms. The van der Waals surface area contributed by atoms with Gasteiger partial charge in [-0.2, -0.15) is 0 Å². The van der Waals surface area contributed by atoms with E-state index >= 15 is 0 Å². The van der Waals surface area contributed by atoms with Gasteiger partial charge in [0.15, 0.2) is 0 Å². The number of furan rings is 1. The number of hydrogen-bond donors (Lipinski definition) is 1. The number of hydrogen-bond acceptors (Lipinski definition) is 3. The van der Waals surface area contributed by atoms with Gasteiger partial charge in [-0.3, -0.25) is 4.90 Å². The van der Waals surface area contributed by atoms with Crippen molar-refractivity contribution in [3.8, 4) is 0 Å². The Morgan fingerprint density at radius 3 is 3.12 bits per heavy atom. The Morgan fingerprint density at radius 2 is 2.38 bits per heavy atom. The van der Waals surface area contributed by atoms with Crippen LogP contribution in [0.5, 0.6) is 0 Å². The van der Waals surface area contributed by atoms with Crippen LogP contribution in [0.3, 0.4) is 0 Å². The van der Waals surface area contributed by atoms with E-state index in [4.69, 9.17) is 4.42 Å². The molecular weight excluding hydrogens is 200 g/mol. The van der Waals surface area contributed by atoms with Crippen LogP contribution in [0.4, 0.5) is 0 Å². The monoisotopic (exact) mass is 222 g/mol. The fourth-order valence-corrected chi connectivity index (χ4v) is 2.26. The number of nitrogens with one attached hydrogen (secondary N) is 1. The molecule has 1 N–H and O–H groups in total. The summed E-state index contributed by atoms with van der Waals surface area (Å²) < 4.78 is 5.12. The maximum absolute atomic E-state index is 5.12. The van der Waals surface area contributed by atoms with Gasteiger partial charge in [0, 0.05) is 24.7 Å². The molecule has 2 rings (SSSR count).